The van der Waals surface area contributed by atoms with Gasteiger partial charge in [0.2, 0.25) is 23.6 Å². The van der Waals surface area contributed by atoms with Crippen molar-refractivity contribution < 1.29 is 33.0 Å². The number of amides is 4. The zero-order valence-corrected chi connectivity index (χ0v) is 36.4. The number of rotatable bonds is 18. The van der Waals surface area contributed by atoms with Crippen molar-refractivity contribution in [3.05, 3.63) is 78.7 Å². The van der Waals surface area contributed by atoms with Crippen molar-refractivity contribution in [2.24, 2.45) is 16.7 Å². The highest BCUT2D eigenvalue weighted by Crippen LogP contribution is 2.48. The van der Waals surface area contributed by atoms with Gasteiger partial charge in [-0.05, 0) is 117 Å². The molecule has 2 heterocycles. The van der Waals surface area contributed by atoms with E-state index in [0.717, 1.165) is 74.0 Å². The fourth-order valence-corrected chi connectivity index (χ4v) is 7.88. The van der Waals surface area contributed by atoms with E-state index in [1.54, 1.807) is 49.5 Å². The minimum Gasteiger partial charge on any atom is -0.495 e. The number of benzene rings is 3. The number of ether oxygens (including phenoxy) is 2. The van der Waals surface area contributed by atoms with Gasteiger partial charge in [0.1, 0.15) is 34.5 Å². The minimum atomic E-state index is -1.16. The summed E-state index contributed by atoms with van der Waals surface area (Å²) >= 11 is 0. The Labute approximate surface area is 358 Å². The number of nitrogens with zero attached hydrogens (tertiary/aromatic N) is 3. The summed E-state index contributed by atoms with van der Waals surface area (Å²) in [6.07, 6.45) is 10.4. The minimum absolute atomic E-state index is 0.0465. The second-order valence-electron chi connectivity index (χ2n) is 17.6. The van der Waals surface area contributed by atoms with Gasteiger partial charge in [0.15, 0.2) is 0 Å². The molecule has 1 saturated carbocycles. The van der Waals surface area contributed by atoms with Gasteiger partial charge >= 0.3 is 0 Å². The number of fused-ring (bicyclic) bond motifs is 1. The van der Waals surface area contributed by atoms with E-state index >= 15 is 0 Å². The first kappa shape index (κ1) is 44.8. The van der Waals surface area contributed by atoms with Crippen LogP contribution in [0, 0.1) is 22.6 Å². The molecular weight excluding hydrogens is 776 g/mol. The monoisotopic (exact) mass is 836 g/mol. The number of nitrogens with one attached hydrogen (secondary N) is 3. The molecule has 12 nitrogen and oxygen atoms in total. The number of pyridine rings is 1. The predicted octanol–water partition coefficient (Wildman–Crippen LogP) is 9.10. The third-order valence-corrected chi connectivity index (χ3v) is 12.1. The molecule has 2 aliphatic rings. The van der Waals surface area contributed by atoms with Crippen LogP contribution in [0.2, 0.25) is 0 Å². The molecule has 0 spiro atoms. The zero-order valence-electron chi connectivity index (χ0n) is 36.4. The molecule has 326 valence electrons. The smallest absolute Gasteiger partial charge is 0.245 e. The first-order valence-electron chi connectivity index (χ1n) is 21.6. The van der Waals surface area contributed by atoms with Crippen LogP contribution < -0.4 is 30.3 Å². The number of anilines is 3. The normalized spacial score (nSPS) is 15.4. The van der Waals surface area contributed by atoms with Gasteiger partial charge in [0.05, 0.1) is 18.3 Å². The van der Waals surface area contributed by atoms with Gasteiger partial charge in [-0.25, -0.2) is 4.39 Å². The number of carbonyl (C=O) groups is 4. The van der Waals surface area contributed by atoms with E-state index < -0.39 is 23.2 Å². The van der Waals surface area contributed by atoms with Crippen molar-refractivity contribution in [2.75, 3.05) is 49.3 Å². The van der Waals surface area contributed by atoms with Crippen molar-refractivity contribution in [3.63, 3.8) is 0 Å². The molecule has 13 heteroatoms. The van der Waals surface area contributed by atoms with Gasteiger partial charge in [-0.2, -0.15) is 0 Å². The number of aromatic nitrogens is 1. The summed E-state index contributed by atoms with van der Waals surface area (Å²) in [5.74, 6) is 1.27. The standard InChI is InChI=1S/C48H61FN6O6/c1-7-54(5)44(57)43(47(2,3)4)53-42(56)13-11-9-8-10-12-32-23-28-55(29-24-32)39-31-38-37(30-41(39)60-6)40(22-27-50-38)61-36-20-18-35(19-21-36)52-46(59)48(25-26-48)45(58)51-34-16-14-33(49)15-17-34/h14-22,27,30-32,43H,7-13,23-26,28-29H2,1-6H3,(H,51,58)(H,52,59)(H,53,56)/t43-/m1/s1. The molecule has 2 fully saturated rings. The van der Waals surface area contributed by atoms with E-state index in [0.29, 0.717) is 54.6 Å². The molecule has 1 saturated heterocycles. The Morgan fingerprint density at radius 2 is 1.51 bits per heavy atom. The Bertz CT molecular complexity index is 2160. The van der Waals surface area contributed by atoms with E-state index in [9.17, 15) is 23.6 Å². The maximum Gasteiger partial charge on any atom is 0.245 e. The van der Waals surface area contributed by atoms with Crippen LogP contribution >= 0.6 is 0 Å². The summed E-state index contributed by atoms with van der Waals surface area (Å²) < 4.78 is 25.5. The van der Waals surface area contributed by atoms with Crippen molar-refractivity contribution >= 4 is 51.6 Å². The second kappa shape index (κ2) is 19.8. The summed E-state index contributed by atoms with van der Waals surface area (Å²) in [7, 11) is 3.45. The number of piperidine rings is 1. The Morgan fingerprint density at radius 3 is 2.10 bits per heavy atom. The average Bonchev–Trinajstić information content (AvgIpc) is 4.07. The van der Waals surface area contributed by atoms with Gasteiger partial charge in [-0.3, -0.25) is 24.2 Å². The largest absolute Gasteiger partial charge is 0.495 e. The lowest BCUT2D eigenvalue weighted by atomic mass is 9.85. The van der Waals surface area contributed by atoms with Crippen LogP contribution in [-0.4, -0.2) is 73.3 Å². The Balaban J connectivity index is 0.959. The van der Waals surface area contributed by atoms with Crippen LogP contribution in [0.4, 0.5) is 21.5 Å². The summed E-state index contributed by atoms with van der Waals surface area (Å²) in [4.78, 5) is 60.4. The van der Waals surface area contributed by atoms with Gasteiger partial charge in [-0.15, -0.1) is 0 Å². The van der Waals surface area contributed by atoms with Crippen molar-refractivity contribution in [3.8, 4) is 17.2 Å². The summed E-state index contributed by atoms with van der Waals surface area (Å²) in [5.41, 5.74) is 1.24. The number of hydrogen-bond donors (Lipinski definition) is 3. The van der Waals surface area contributed by atoms with E-state index in [2.05, 4.69) is 31.9 Å². The molecular formula is C48H61FN6O6. The van der Waals surface area contributed by atoms with Crippen molar-refractivity contribution in [2.45, 2.75) is 97.9 Å². The highest BCUT2D eigenvalue weighted by Gasteiger charge is 2.56. The SMILES string of the molecule is CCN(C)C(=O)[C@@H](NC(=O)CCCCCCC1CCN(c2cc3nccc(Oc4ccc(NC(=O)C5(C(=O)Nc6ccc(F)cc6)CC5)cc4)c3cc2OC)CC1)C(C)(C)C. The molecule has 1 atom stereocenters. The molecule has 6 rings (SSSR count). The molecule has 0 radical (unpaired) electrons. The maximum atomic E-state index is 13.3. The van der Waals surface area contributed by atoms with Gasteiger partial charge in [-0.1, -0.05) is 46.5 Å². The quantitative estimate of drug-likeness (QED) is 0.0666. The van der Waals surface area contributed by atoms with E-state index in [4.69, 9.17) is 9.47 Å². The summed E-state index contributed by atoms with van der Waals surface area (Å²) in [5, 5.41) is 9.40. The van der Waals surface area contributed by atoms with Crippen LogP contribution in [0.1, 0.15) is 91.9 Å². The number of carbonyl (C=O) groups excluding carboxylic acids is 4. The first-order chi connectivity index (χ1) is 29.2. The maximum absolute atomic E-state index is 13.3. The van der Waals surface area contributed by atoms with Gasteiger partial charge in [0.25, 0.3) is 0 Å². The molecule has 61 heavy (non-hydrogen) atoms. The fourth-order valence-electron chi connectivity index (χ4n) is 7.88. The summed E-state index contributed by atoms with van der Waals surface area (Å²) in [6, 6.07) is 17.8. The number of methoxy groups -OCH3 is 1. The van der Waals surface area contributed by atoms with Crippen LogP contribution in [0.3, 0.4) is 0 Å². The van der Waals surface area contributed by atoms with E-state index in [1.165, 1.54) is 30.7 Å². The first-order valence-corrected chi connectivity index (χ1v) is 21.6. The molecule has 1 aromatic heterocycles. The van der Waals surface area contributed by atoms with Crippen LogP contribution in [0.25, 0.3) is 10.9 Å². The zero-order chi connectivity index (χ0) is 43.7. The van der Waals surface area contributed by atoms with Crippen LogP contribution in [-0.2, 0) is 19.2 Å². The summed E-state index contributed by atoms with van der Waals surface area (Å²) in [6.45, 7) is 10.3. The fraction of sp³-hybridized carbons (Fsp3) is 0.479. The highest BCUT2D eigenvalue weighted by molar-refractivity contribution is 6.17. The molecule has 0 bridgehead atoms. The van der Waals surface area contributed by atoms with Crippen molar-refractivity contribution in [1.29, 1.82) is 0 Å². The Kier molecular flexibility index (Phi) is 14.5. The average molecular weight is 837 g/mol. The number of unbranched alkanes of at least 4 members (excludes halogenated alkanes) is 3. The number of hydrogen-bond acceptors (Lipinski definition) is 8. The van der Waals surface area contributed by atoms with E-state index in [1.807, 2.05) is 39.8 Å². The highest BCUT2D eigenvalue weighted by atomic mass is 19.1. The van der Waals surface area contributed by atoms with Crippen molar-refractivity contribution in [1.82, 2.24) is 15.2 Å². The van der Waals surface area contributed by atoms with Gasteiger partial charge in [0, 0.05) is 56.1 Å². The number of halogens is 1. The van der Waals surface area contributed by atoms with Crippen LogP contribution in [0.5, 0.6) is 17.2 Å². The molecule has 3 aromatic carbocycles. The molecule has 4 aromatic rings. The van der Waals surface area contributed by atoms with E-state index in [-0.39, 0.29) is 23.1 Å². The lowest BCUT2D eigenvalue weighted by Gasteiger charge is -2.34. The third kappa shape index (κ3) is 11.4. The molecule has 0 unspecified atom stereocenters. The lowest BCUT2D eigenvalue weighted by molar-refractivity contribution is -0.138. The molecule has 4 amide bonds. The molecule has 3 N–H and O–H groups in total. The number of likely N-dealkylation sites (N-methyl/N-ethyl adjacent to an activating group) is 1. The Hall–Kier alpha value is -5.72. The Morgan fingerprint density at radius 1 is 0.885 bits per heavy atom. The second-order valence-corrected chi connectivity index (χ2v) is 17.6. The van der Waals surface area contributed by atoms with Crippen LogP contribution in [0.15, 0.2) is 72.9 Å². The molecule has 1 aliphatic heterocycles. The predicted molar refractivity (Wildman–Crippen MR) is 237 cm³/mol. The third-order valence-electron chi connectivity index (χ3n) is 12.1. The molecule has 1 aliphatic carbocycles. The topological polar surface area (TPSA) is 142 Å². The lowest BCUT2D eigenvalue weighted by Crippen LogP contribution is -2.53. The van der Waals surface area contributed by atoms with Gasteiger partial charge < -0.3 is 35.2 Å².